The van der Waals surface area contributed by atoms with Crippen LogP contribution >= 0.6 is 11.6 Å². The van der Waals surface area contributed by atoms with E-state index in [2.05, 4.69) is 15.2 Å². The van der Waals surface area contributed by atoms with E-state index in [0.29, 0.717) is 29.5 Å². The number of hydrogen-bond donors (Lipinski definition) is 2. The Morgan fingerprint density at radius 3 is 2.59 bits per heavy atom. The van der Waals surface area contributed by atoms with Gasteiger partial charge in [0.25, 0.3) is 0 Å². The zero-order valence-corrected chi connectivity index (χ0v) is 18.2. The molecule has 2 N–H and O–H groups in total. The lowest BCUT2D eigenvalue weighted by Gasteiger charge is -2.27. The third-order valence-electron chi connectivity index (χ3n) is 5.68. The molecule has 166 valence electrons. The van der Waals surface area contributed by atoms with Gasteiger partial charge in [-0.25, -0.2) is 8.78 Å². The van der Waals surface area contributed by atoms with E-state index in [4.69, 9.17) is 16.3 Å². The number of fused-ring (bicyclic) bond motifs is 1. The molecule has 9 heteroatoms. The minimum Gasteiger partial charge on any atom is -0.494 e. The monoisotopic (exact) mass is 458 g/mol. The number of rotatable bonds is 6. The van der Waals surface area contributed by atoms with Crippen molar-refractivity contribution in [3.05, 3.63) is 59.0 Å². The van der Waals surface area contributed by atoms with Crippen LogP contribution in [0, 0.1) is 17.6 Å². The molecule has 2 aromatic carbocycles. The average Bonchev–Trinajstić information content (AvgIpc) is 3.32. The van der Waals surface area contributed by atoms with Crippen molar-refractivity contribution in [3.63, 3.8) is 0 Å². The molecule has 2 heterocycles. The molecule has 0 amide bonds. The molecule has 1 saturated carbocycles. The Balaban J connectivity index is 1.57. The Morgan fingerprint density at radius 2 is 1.91 bits per heavy atom. The first-order chi connectivity index (χ1) is 15.2. The van der Waals surface area contributed by atoms with E-state index in [1.165, 1.54) is 0 Å². The number of aromatic nitrogens is 4. The van der Waals surface area contributed by atoms with Crippen molar-refractivity contribution in [1.82, 2.24) is 19.7 Å². The largest absolute Gasteiger partial charge is 0.494 e. The van der Waals surface area contributed by atoms with Crippen molar-refractivity contribution >= 4 is 22.4 Å². The van der Waals surface area contributed by atoms with Gasteiger partial charge in [0.05, 0.1) is 0 Å². The minimum atomic E-state index is -1.17. The lowest BCUT2D eigenvalue weighted by molar-refractivity contribution is 0.0822. The normalized spacial score (nSPS) is 14.3. The van der Waals surface area contributed by atoms with E-state index in [1.54, 1.807) is 20.0 Å². The first-order valence-electron chi connectivity index (χ1n) is 10.3. The highest BCUT2D eigenvalue weighted by molar-refractivity contribution is 6.30. The first kappa shape index (κ1) is 20.8. The molecule has 0 atom stereocenters. The number of ether oxygens (including phenoxy) is 1. The van der Waals surface area contributed by atoms with Gasteiger partial charge in [0, 0.05) is 34.1 Å². The van der Waals surface area contributed by atoms with E-state index in [-0.39, 0.29) is 10.9 Å². The maximum absolute atomic E-state index is 14.4. The summed E-state index contributed by atoms with van der Waals surface area (Å²) in [6.07, 6.45) is 3.92. The lowest BCUT2D eigenvalue weighted by Crippen LogP contribution is -2.31. The smallest absolute Gasteiger partial charge is 0.196 e. The van der Waals surface area contributed by atoms with Gasteiger partial charge in [-0.05, 0) is 56.9 Å². The summed E-state index contributed by atoms with van der Waals surface area (Å²) in [7, 11) is 0. The second-order valence-electron chi connectivity index (χ2n) is 8.65. The van der Waals surface area contributed by atoms with Gasteiger partial charge in [0.2, 0.25) is 0 Å². The van der Waals surface area contributed by atoms with Gasteiger partial charge in [-0.15, -0.1) is 10.2 Å². The van der Waals surface area contributed by atoms with Crippen molar-refractivity contribution in [2.45, 2.75) is 38.8 Å². The van der Waals surface area contributed by atoms with Gasteiger partial charge in [-0.3, -0.25) is 0 Å². The quantitative estimate of drug-likeness (QED) is 0.383. The summed E-state index contributed by atoms with van der Waals surface area (Å²) in [4.78, 5) is 2.80. The molecule has 2 aromatic heterocycles. The second-order valence-corrected chi connectivity index (χ2v) is 9.09. The summed E-state index contributed by atoms with van der Waals surface area (Å²) in [5, 5.41) is 20.2. The van der Waals surface area contributed by atoms with Crippen LogP contribution in [0.4, 0.5) is 8.78 Å². The van der Waals surface area contributed by atoms with Crippen LogP contribution in [-0.2, 0) is 12.1 Å². The number of aromatic amines is 1. The number of halogens is 3. The molecule has 0 spiro atoms. The Labute approximate surface area is 187 Å². The number of benzene rings is 2. The van der Waals surface area contributed by atoms with Crippen molar-refractivity contribution in [3.8, 4) is 23.0 Å². The molecule has 0 saturated heterocycles. The molecule has 0 bridgehead atoms. The molecule has 1 fully saturated rings. The fourth-order valence-corrected chi connectivity index (χ4v) is 4.07. The number of hydrogen-bond acceptors (Lipinski definition) is 4. The van der Waals surface area contributed by atoms with Gasteiger partial charge < -0.3 is 19.4 Å². The first-order valence-corrected chi connectivity index (χ1v) is 10.7. The van der Waals surface area contributed by atoms with Crippen LogP contribution in [-0.4, -0.2) is 24.9 Å². The summed E-state index contributed by atoms with van der Waals surface area (Å²) in [5.41, 5.74) is -0.359. The number of nitrogens with one attached hydrogen (secondary N) is 1. The van der Waals surface area contributed by atoms with Gasteiger partial charge in [0.15, 0.2) is 40.5 Å². The Hall–Kier alpha value is -3.13. The molecule has 1 aliphatic rings. The van der Waals surface area contributed by atoms with Crippen molar-refractivity contribution in [2.24, 2.45) is 5.92 Å². The Bertz CT molecular complexity index is 1300. The van der Waals surface area contributed by atoms with E-state index in [0.717, 1.165) is 35.9 Å². The predicted octanol–water partition coefficient (Wildman–Crippen LogP) is 5.79. The molecule has 0 radical (unpaired) electrons. The Morgan fingerprint density at radius 1 is 1.19 bits per heavy atom. The van der Waals surface area contributed by atoms with Gasteiger partial charge in [0.1, 0.15) is 0 Å². The molecule has 1 aliphatic carbocycles. The fraction of sp³-hybridized carbons (Fsp3) is 0.304. The molecule has 6 nitrogen and oxygen atoms in total. The maximum atomic E-state index is 14.4. The van der Waals surface area contributed by atoms with Crippen LogP contribution in [0.15, 0.2) is 36.5 Å². The summed E-state index contributed by atoms with van der Waals surface area (Å²) < 4.78 is 36.5. The van der Waals surface area contributed by atoms with Crippen molar-refractivity contribution in [2.75, 3.05) is 0 Å². The standard InChI is InChI=1S/C23H21ClF2N4O2/c1-23(2,32-19-17(25)8-15(24)9-18(19)26)22-29-28-20(30(22)11-12-3-4-12)13-5-6-16-14(7-13)10-27-21(16)31/h5-10,12,27,31H,3-4,11H2,1-2H3. The van der Waals surface area contributed by atoms with Crippen LogP contribution < -0.4 is 4.74 Å². The number of H-pyrrole nitrogens is 1. The van der Waals surface area contributed by atoms with E-state index in [1.807, 2.05) is 22.8 Å². The van der Waals surface area contributed by atoms with Crippen LogP contribution in [0.3, 0.4) is 0 Å². The summed E-state index contributed by atoms with van der Waals surface area (Å²) in [6, 6.07) is 7.61. The molecule has 0 aliphatic heterocycles. The summed E-state index contributed by atoms with van der Waals surface area (Å²) >= 11 is 5.73. The van der Waals surface area contributed by atoms with E-state index < -0.39 is 23.0 Å². The van der Waals surface area contributed by atoms with Gasteiger partial charge in [-0.2, -0.15) is 0 Å². The third-order valence-corrected chi connectivity index (χ3v) is 5.89. The molecular formula is C23H21ClF2N4O2. The van der Waals surface area contributed by atoms with Crippen LogP contribution in [0.25, 0.3) is 22.2 Å². The zero-order valence-electron chi connectivity index (χ0n) is 17.5. The number of aromatic hydroxyl groups is 1. The van der Waals surface area contributed by atoms with Crippen LogP contribution in [0.2, 0.25) is 5.02 Å². The van der Waals surface area contributed by atoms with E-state index >= 15 is 0 Å². The average molecular weight is 459 g/mol. The van der Waals surface area contributed by atoms with E-state index in [9.17, 15) is 13.9 Å². The third kappa shape index (κ3) is 3.68. The van der Waals surface area contributed by atoms with Crippen molar-refractivity contribution < 1.29 is 18.6 Å². The molecule has 5 rings (SSSR count). The molecule has 32 heavy (non-hydrogen) atoms. The second kappa shape index (κ2) is 7.48. The predicted molar refractivity (Wildman–Crippen MR) is 117 cm³/mol. The highest BCUT2D eigenvalue weighted by atomic mass is 35.5. The molecular weight excluding hydrogens is 438 g/mol. The van der Waals surface area contributed by atoms with Gasteiger partial charge in [-0.1, -0.05) is 17.7 Å². The topological polar surface area (TPSA) is 76.0 Å². The lowest BCUT2D eigenvalue weighted by atomic mass is 10.1. The summed E-state index contributed by atoms with van der Waals surface area (Å²) in [5.74, 6) is -0.584. The zero-order chi connectivity index (χ0) is 22.6. The van der Waals surface area contributed by atoms with Gasteiger partial charge >= 0.3 is 0 Å². The maximum Gasteiger partial charge on any atom is 0.196 e. The Kier molecular flexibility index (Phi) is 4.85. The molecule has 0 unspecified atom stereocenters. The highest BCUT2D eigenvalue weighted by Gasteiger charge is 2.35. The summed E-state index contributed by atoms with van der Waals surface area (Å²) in [6.45, 7) is 4.07. The van der Waals surface area contributed by atoms with Crippen LogP contribution in [0.5, 0.6) is 11.6 Å². The van der Waals surface area contributed by atoms with Crippen LogP contribution in [0.1, 0.15) is 32.5 Å². The highest BCUT2D eigenvalue weighted by Crippen LogP contribution is 2.38. The SMILES string of the molecule is CC(C)(Oc1c(F)cc(Cl)cc1F)c1nnc(-c2ccc3c(O)[nH]cc3c2)n1CC1CC1. The fourth-order valence-electron chi connectivity index (χ4n) is 3.88. The minimum absolute atomic E-state index is 0.0458. The number of nitrogens with zero attached hydrogens (tertiary/aromatic N) is 3. The van der Waals surface area contributed by atoms with Crippen molar-refractivity contribution in [1.29, 1.82) is 0 Å². The molecule has 4 aromatic rings.